The first-order valence-electron chi connectivity index (χ1n) is 5.06. The van der Waals surface area contributed by atoms with Gasteiger partial charge in [0.1, 0.15) is 10.3 Å². The fraction of sp³-hybridized carbons (Fsp3) is 0.545. The summed E-state index contributed by atoms with van der Waals surface area (Å²) in [7, 11) is 0. The minimum atomic E-state index is -0.702. The number of thiocyanates is 1. The maximum absolute atomic E-state index is 11.5. The van der Waals surface area contributed by atoms with Crippen LogP contribution in [-0.2, 0) is 19.1 Å². The zero-order chi connectivity index (χ0) is 13.4. The second-order valence-electron chi connectivity index (χ2n) is 3.64. The molecule has 0 saturated heterocycles. The summed E-state index contributed by atoms with van der Waals surface area (Å²) in [4.78, 5) is 22.7. The molecule has 0 atom stereocenters. The van der Waals surface area contributed by atoms with Crippen molar-refractivity contribution in [1.82, 2.24) is 0 Å². The molecule has 6 heteroatoms. The third-order valence-corrected chi connectivity index (χ3v) is 1.90. The van der Waals surface area contributed by atoms with Gasteiger partial charge in [0.2, 0.25) is 0 Å². The smallest absolute Gasteiger partial charge is 0.346 e. The molecule has 0 aliphatic carbocycles. The van der Waals surface area contributed by atoms with Crippen LogP contribution in [0.15, 0.2) is 11.0 Å². The molecule has 0 fully saturated rings. The number of nitriles is 1. The fourth-order valence-corrected chi connectivity index (χ4v) is 1.21. The molecular formula is C11H15NO4S. The van der Waals surface area contributed by atoms with E-state index in [0.29, 0.717) is 11.8 Å². The van der Waals surface area contributed by atoms with Crippen molar-refractivity contribution in [2.45, 2.75) is 39.9 Å². The minimum Gasteiger partial charge on any atom is -0.460 e. The molecule has 0 spiro atoms. The second-order valence-corrected chi connectivity index (χ2v) is 4.47. The van der Waals surface area contributed by atoms with E-state index in [1.165, 1.54) is 0 Å². The first kappa shape index (κ1) is 15.5. The molecule has 0 radical (unpaired) electrons. The molecule has 17 heavy (non-hydrogen) atoms. The van der Waals surface area contributed by atoms with E-state index >= 15 is 0 Å². The molecule has 0 unspecified atom stereocenters. The molecule has 0 bridgehead atoms. The summed E-state index contributed by atoms with van der Waals surface area (Å²) < 4.78 is 9.72. The molecule has 0 N–H and O–H groups in total. The Morgan fingerprint density at radius 1 is 1.18 bits per heavy atom. The van der Waals surface area contributed by atoms with Gasteiger partial charge in [0, 0.05) is 6.08 Å². The lowest BCUT2D eigenvalue weighted by atomic mass is 10.4. The molecular weight excluding hydrogens is 242 g/mol. The first-order valence-corrected chi connectivity index (χ1v) is 5.87. The third kappa shape index (κ3) is 7.41. The summed E-state index contributed by atoms with van der Waals surface area (Å²) in [5, 5.41) is 10.2. The molecule has 0 aromatic carbocycles. The molecule has 0 aromatic rings. The highest BCUT2D eigenvalue weighted by atomic mass is 32.2. The predicted octanol–water partition coefficient (Wildman–Crippen LogP) is 1.99. The van der Waals surface area contributed by atoms with Crippen LogP contribution < -0.4 is 0 Å². The predicted molar refractivity (Wildman–Crippen MR) is 63.7 cm³/mol. The van der Waals surface area contributed by atoms with Gasteiger partial charge in [-0.1, -0.05) is 0 Å². The van der Waals surface area contributed by atoms with Crippen LogP contribution in [0.25, 0.3) is 0 Å². The molecule has 0 amide bonds. The zero-order valence-corrected chi connectivity index (χ0v) is 11.0. The van der Waals surface area contributed by atoms with E-state index in [0.717, 1.165) is 6.08 Å². The highest BCUT2D eigenvalue weighted by molar-refractivity contribution is 8.08. The van der Waals surface area contributed by atoms with Crippen molar-refractivity contribution in [3.8, 4) is 5.40 Å². The van der Waals surface area contributed by atoms with Gasteiger partial charge >= 0.3 is 11.9 Å². The minimum absolute atomic E-state index is 0.0770. The summed E-state index contributed by atoms with van der Waals surface area (Å²) in [6.07, 6.45) is 0.373. The fourth-order valence-electron chi connectivity index (χ4n) is 0.825. The number of carbonyl (C=O) groups excluding carboxylic acids is 2. The van der Waals surface area contributed by atoms with Gasteiger partial charge in [0.15, 0.2) is 0 Å². The Labute approximate surface area is 105 Å². The highest BCUT2D eigenvalue weighted by Gasteiger charge is 2.16. The SMILES string of the molecule is CC(C)OC(=O)/C=C(/SC#N)C(=O)OC(C)C. The number of hydrogen-bond donors (Lipinski definition) is 0. The van der Waals surface area contributed by atoms with Crippen molar-refractivity contribution < 1.29 is 19.1 Å². The summed E-state index contributed by atoms with van der Waals surface area (Å²) in [6.45, 7) is 6.74. The van der Waals surface area contributed by atoms with Gasteiger partial charge in [0.05, 0.1) is 12.2 Å². The standard InChI is InChI=1S/C11H15NO4S/c1-7(2)15-10(13)5-9(17-6-12)11(14)16-8(3)4/h5,7-8H,1-4H3/b9-5+. The van der Waals surface area contributed by atoms with Crippen LogP contribution >= 0.6 is 11.8 Å². The molecule has 0 aliphatic rings. The quantitative estimate of drug-likeness (QED) is 0.426. The maximum Gasteiger partial charge on any atom is 0.346 e. The average Bonchev–Trinajstić information content (AvgIpc) is 2.14. The van der Waals surface area contributed by atoms with Crippen molar-refractivity contribution in [3.63, 3.8) is 0 Å². The number of nitrogens with zero attached hydrogens (tertiary/aromatic N) is 1. The number of esters is 2. The van der Waals surface area contributed by atoms with Crippen LogP contribution in [0.3, 0.4) is 0 Å². The first-order chi connectivity index (χ1) is 7.86. The van der Waals surface area contributed by atoms with Crippen molar-refractivity contribution in [2.24, 2.45) is 0 Å². The Bertz CT molecular complexity index is 355. The summed E-state index contributed by atoms with van der Waals surface area (Å²) in [5.41, 5.74) is 0. The monoisotopic (exact) mass is 257 g/mol. The van der Waals surface area contributed by atoms with Crippen molar-refractivity contribution in [2.75, 3.05) is 0 Å². The summed E-state index contributed by atoms with van der Waals surface area (Å²) in [6, 6.07) is 0. The lowest BCUT2D eigenvalue weighted by Gasteiger charge is -2.09. The Morgan fingerprint density at radius 2 is 1.71 bits per heavy atom. The molecule has 0 heterocycles. The van der Waals surface area contributed by atoms with Gasteiger partial charge in [-0.25, -0.2) is 9.59 Å². The van der Waals surface area contributed by atoms with E-state index in [9.17, 15) is 9.59 Å². The molecule has 0 aliphatic heterocycles. The Balaban J connectivity index is 4.72. The lowest BCUT2D eigenvalue weighted by Crippen LogP contribution is -2.15. The van der Waals surface area contributed by atoms with Crippen LogP contribution in [-0.4, -0.2) is 24.1 Å². The Hall–Kier alpha value is -1.48. The van der Waals surface area contributed by atoms with E-state index in [4.69, 9.17) is 14.7 Å². The Kier molecular flexibility index (Phi) is 7.06. The van der Waals surface area contributed by atoms with Gasteiger partial charge < -0.3 is 9.47 Å². The topological polar surface area (TPSA) is 76.4 Å². The van der Waals surface area contributed by atoms with E-state index in [1.807, 2.05) is 0 Å². The molecule has 0 saturated carbocycles. The number of carbonyl (C=O) groups is 2. The van der Waals surface area contributed by atoms with Gasteiger partial charge in [0.25, 0.3) is 0 Å². The summed E-state index contributed by atoms with van der Waals surface area (Å²) >= 11 is 0.573. The van der Waals surface area contributed by atoms with E-state index in [2.05, 4.69) is 0 Å². The number of hydrogen-bond acceptors (Lipinski definition) is 6. The maximum atomic E-state index is 11.5. The van der Waals surface area contributed by atoms with Gasteiger partial charge in [-0.2, -0.15) is 5.26 Å². The van der Waals surface area contributed by atoms with Gasteiger partial charge in [-0.3, -0.25) is 0 Å². The average molecular weight is 257 g/mol. The molecule has 5 nitrogen and oxygen atoms in total. The number of ether oxygens (including phenoxy) is 2. The van der Waals surface area contributed by atoms with E-state index in [1.54, 1.807) is 33.1 Å². The van der Waals surface area contributed by atoms with Crippen molar-refractivity contribution in [3.05, 3.63) is 11.0 Å². The summed E-state index contributed by atoms with van der Waals surface area (Å²) in [5.74, 6) is -1.37. The molecule has 0 aromatic heterocycles. The van der Waals surface area contributed by atoms with Gasteiger partial charge in [-0.05, 0) is 39.5 Å². The Morgan fingerprint density at radius 3 is 2.12 bits per heavy atom. The van der Waals surface area contributed by atoms with Crippen LogP contribution in [0.1, 0.15) is 27.7 Å². The second kappa shape index (κ2) is 7.74. The zero-order valence-electron chi connectivity index (χ0n) is 10.2. The van der Waals surface area contributed by atoms with Crippen molar-refractivity contribution >= 4 is 23.7 Å². The largest absolute Gasteiger partial charge is 0.460 e. The van der Waals surface area contributed by atoms with E-state index in [-0.39, 0.29) is 17.1 Å². The highest BCUT2D eigenvalue weighted by Crippen LogP contribution is 2.17. The normalized spacial score (nSPS) is 11.2. The number of thioether (sulfide) groups is 1. The van der Waals surface area contributed by atoms with Crippen LogP contribution in [0.5, 0.6) is 0 Å². The van der Waals surface area contributed by atoms with Crippen LogP contribution in [0.2, 0.25) is 0 Å². The van der Waals surface area contributed by atoms with Crippen LogP contribution in [0.4, 0.5) is 0 Å². The van der Waals surface area contributed by atoms with Crippen molar-refractivity contribution in [1.29, 1.82) is 5.26 Å². The van der Waals surface area contributed by atoms with Crippen LogP contribution in [0, 0.1) is 10.7 Å². The lowest BCUT2D eigenvalue weighted by molar-refractivity contribution is -0.144. The number of rotatable bonds is 5. The third-order valence-electron chi connectivity index (χ3n) is 1.30. The molecule has 0 rings (SSSR count). The van der Waals surface area contributed by atoms with Gasteiger partial charge in [-0.15, -0.1) is 0 Å². The molecule has 94 valence electrons. The van der Waals surface area contributed by atoms with E-state index < -0.39 is 11.9 Å².